The zero-order chi connectivity index (χ0) is 15.2. The van der Waals surface area contributed by atoms with Crippen molar-refractivity contribution in [2.45, 2.75) is 20.8 Å². The molecule has 1 heterocycles. The molecular formula is C16H20N4O. The minimum Gasteiger partial charge on any atom is -0.369 e. The number of benzene rings is 1. The van der Waals surface area contributed by atoms with E-state index in [0.29, 0.717) is 5.92 Å². The van der Waals surface area contributed by atoms with E-state index in [9.17, 15) is 4.79 Å². The summed E-state index contributed by atoms with van der Waals surface area (Å²) in [6, 6.07) is 7.54. The topological polar surface area (TPSA) is 66.9 Å². The van der Waals surface area contributed by atoms with Crippen LogP contribution >= 0.6 is 0 Å². The molecule has 0 atom stereocenters. The lowest BCUT2D eigenvalue weighted by molar-refractivity contribution is -0.114. The monoisotopic (exact) mass is 284 g/mol. The molecule has 1 amide bonds. The standard InChI is InChI=1S/C16H20N4O/c1-11(2)8-18-16-10-17-9-15(20-16)13-4-6-14(7-5-13)19-12(3)21/h4-7,9-11H,8H2,1-3H3,(H,18,20)(H,19,21). The van der Waals surface area contributed by atoms with Gasteiger partial charge in [-0.15, -0.1) is 0 Å². The highest BCUT2D eigenvalue weighted by Gasteiger charge is 2.03. The lowest BCUT2D eigenvalue weighted by Gasteiger charge is -2.09. The molecule has 0 spiro atoms. The van der Waals surface area contributed by atoms with E-state index in [2.05, 4.69) is 34.4 Å². The summed E-state index contributed by atoms with van der Waals surface area (Å²) >= 11 is 0. The fraction of sp³-hybridized carbons (Fsp3) is 0.312. The number of nitrogens with zero attached hydrogens (tertiary/aromatic N) is 2. The van der Waals surface area contributed by atoms with Crippen molar-refractivity contribution in [3.8, 4) is 11.3 Å². The molecule has 2 rings (SSSR count). The van der Waals surface area contributed by atoms with Gasteiger partial charge in [0.1, 0.15) is 5.82 Å². The molecule has 0 aliphatic carbocycles. The Morgan fingerprint density at radius 2 is 1.90 bits per heavy atom. The third-order valence-electron chi connectivity index (χ3n) is 2.83. The van der Waals surface area contributed by atoms with E-state index in [4.69, 9.17) is 0 Å². The molecule has 1 aromatic carbocycles. The van der Waals surface area contributed by atoms with Crippen LogP contribution in [0.2, 0.25) is 0 Å². The Balaban J connectivity index is 2.14. The number of nitrogens with one attached hydrogen (secondary N) is 2. The summed E-state index contributed by atoms with van der Waals surface area (Å²) in [5, 5.41) is 6.00. The zero-order valence-electron chi connectivity index (χ0n) is 12.6. The molecule has 0 saturated heterocycles. The van der Waals surface area contributed by atoms with Gasteiger partial charge in [0.05, 0.1) is 18.1 Å². The Kier molecular flexibility index (Phi) is 4.87. The Hall–Kier alpha value is -2.43. The van der Waals surface area contributed by atoms with Crippen LogP contribution in [-0.4, -0.2) is 22.4 Å². The van der Waals surface area contributed by atoms with Gasteiger partial charge in [-0.1, -0.05) is 26.0 Å². The molecule has 0 aliphatic rings. The summed E-state index contributed by atoms with van der Waals surface area (Å²) in [5.41, 5.74) is 2.54. The SMILES string of the molecule is CC(=O)Nc1ccc(-c2cncc(NCC(C)C)n2)cc1. The number of hydrogen-bond acceptors (Lipinski definition) is 4. The summed E-state index contributed by atoms with van der Waals surface area (Å²) in [6.45, 7) is 6.64. The van der Waals surface area contributed by atoms with Gasteiger partial charge in [0, 0.05) is 24.7 Å². The van der Waals surface area contributed by atoms with Crippen molar-refractivity contribution in [2.24, 2.45) is 5.92 Å². The Labute approximate surface area is 124 Å². The third-order valence-corrected chi connectivity index (χ3v) is 2.83. The summed E-state index contributed by atoms with van der Waals surface area (Å²) in [5.74, 6) is 1.24. The molecule has 0 unspecified atom stereocenters. The second-order valence-corrected chi connectivity index (χ2v) is 5.32. The van der Waals surface area contributed by atoms with Gasteiger partial charge in [0.15, 0.2) is 0 Å². The maximum Gasteiger partial charge on any atom is 0.221 e. The van der Waals surface area contributed by atoms with Crippen LogP contribution in [0, 0.1) is 5.92 Å². The first-order chi connectivity index (χ1) is 10.0. The van der Waals surface area contributed by atoms with E-state index in [1.165, 1.54) is 6.92 Å². The van der Waals surface area contributed by atoms with Crippen LogP contribution in [0.4, 0.5) is 11.5 Å². The Morgan fingerprint density at radius 3 is 2.52 bits per heavy atom. The van der Waals surface area contributed by atoms with Crippen LogP contribution in [0.1, 0.15) is 20.8 Å². The average Bonchev–Trinajstić information content (AvgIpc) is 2.45. The molecule has 1 aromatic heterocycles. The van der Waals surface area contributed by atoms with Crippen molar-refractivity contribution >= 4 is 17.4 Å². The average molecular weight is 284 g/mol. The molecule has 21 heavy (non-hydrogen) atoms. The molecule has 110 valence electrons. The fourth-order valence-corrected chi connectivity index (χ4v) is 1.83. The molecule has 0 radical (unpaired) electrons. The van der Waals surface area contributed by atoms with Gasteiger partial charge in [-0.25, -0.2) is 4.98 Å². The molecule has 5 nitrogen and oxygen atoms in total. The first-order valence-corrected chi connectivity index (χ1v) is 6.98. The Bertz CT molecular complexity index is 608. The van der Waals surface area contributed by atoms with Crippen LogP contribution < -0.4 is 10.6 Å². The summed E-state index contributed by atoms with van der Waals surface area (Å²) < 4.78 is 0. The smallest absolute Gasteiger partial charge is 0.221 e. The number of rotatable bonds is 5. The highest BCUT2D eigenvalue weighted by molar-refractivity contribution is 5.88. The number of aromatic nitrogens is 2. The van der Waals surface area contributed by atoms with Gasteiger partial charge >= 0.3 is 0 Å². The number of amides is 1. The summed E-state index contributed by atoms with van der Waals surface area (Å²) in [4.78, 5) is 19.8. The minimum atomic E-state index is -0.0811. The van der Waals surface area contributed by atoms with Gasteiger partial charge in [0.25, 0.3) is 0 Å². The van der Waals surface area contributed by atoms with Crippen molar-refractivity contribution in [1.29, 1.82) is 0 Å². The van der Waals surface area contributed by atoms with E-state index < -0.39 is 0 Å². The van der Waals surface area contributed by atoms with Crippen molar-refractivity contribution in [3.05, 3.63) is 36.7 Å². The first kappa shape index (κ1) is 15.0. The third kappa shape index (κ3) is 4.56. The Morgan fingerprint density at radius 1 is 1.19 bits per heavy atom. The molecule has 5 heteroatoms. The van der Waals surface area contributed by atoms with Gasteiger partial charge in [0.2, 0.25) is 5.91 Å². The van der Waals surface area contributed by atoms with E-state index in [-0.39, 0.29) is 5.91 Å². The second kappa shape index (κ2) is 6.83. The van der Waals surface area contributed by atoms with Gasteiger partial charge in [-0.2, -0.15) is 0 Å². The van der Waals surface area contributed by atoms with Crippen molar-refractivity contribution in [2.75, 3.05) is 17.2 Å². The number of carbonyl (C=O) groups is 1. The molecule has 0 aliphatic heterocycles. The number of carbonyl (C=O) groups excluding carboxylic acids is 1. The molecule has 0 fully saturated rings. The van der Waals surface area contributed by atoms with E-state index in [1.807, 2.05) is 24.3 Å². The molecule has 2 N–H and O–H groups in total. The van der Waals surface area contributed by atoms with E-state index in [0.717, 1.165) is 29.3 Å². The second-order valence-electron chi connectivity index (χ2n) is 5.32. The maximum atomic E-state index is 11.0. The van der Waals surface area contributed by atoms with Crippen LogP contribution in [0.5, 0.6) is 0 Å². The van der Waals surface area contributed by atoms with Crippen LogP contribution in [0.25, 0.3) is 11.3 Å². The van der Waals surface area contributed by atoms with Gasteiger partial charge in [-0.05, 0) is 18.1 Å². The normalized spacial score (nSPS) is 10.5. The van der Waals surface area contributed by atoms with Crippen molar-refractivity contribution < 1.29 is 4.79 Å². The van der Waals surface area contributed by atoms with E-state index in [1.54, 1.807) is 12.4 Å². The zero-order valence-corrected chi connectivity index (χ0v) is 12.6. The van der Waals surface area contributed by atoms with Crippen LogP contribution in [0.3, 0.4) is 0 Å². The van der Waals surface area contributed by atoms with Crippen molar-refractivity contribution in [3.63, 3.8) is 0 Å². The lowest BCUT2D eigenvalue weighted by Crippen LogP contribution is -2.09. The number of hydrogen-bond donors (Lipinski definition) is 2. The highest BCUT2D eigenvalue weighted by Crippen LogP contribution is 2.20. The van der Waals surface area contributed by atoms with Crippen LogP contribution in [0.15, 0.2) is 36.7 Å². The quantitative estimate of drug-likeness (QED) is 0.885. The molecular weight excluding hydrogens is 264 g/mol. The van der Waals surface area contributed by atoms with Crippen molar-refractivity contribution in [1.82, 2.24) is 9.97 Å². The predicted molar refractivity (Wildman–Crippen MR) is 85.1 cm³/mol. The number of anilines is 2. The molecule has 0 bridgehead atoms. The van der Waals surface area contributed by atoms with E-state index >= 15 is 0 Å². The highest BCUT2D eigenvalue weighted by atomic mass is 16.1. The summed E-state index contributed by atoms with van der Waals surface area (Å²) in [6.07, 6.45) is 3.45. The van der Waals surface area contributed by atoms with Crippen LogP contribution in [-0.2, 0) is 4.79 Å². The lowest BCUT2D eigenvalue weighted by atomic mass is 10.1. The van der Waals surface area contributed by atoms with Gasteiger partial charge in [-0.3, -0.25) is 9.78 Å². The predicted octanol–water partition coefficient (Wildman–Crippen LogP) is 3.17. The first-order valence-electron chi connectivity index (χ1n) is 6.98. The molecule has 0 saturated carbocycles. The fourth-order valence-electron chi connectivity index (χ4n) is 1.83. The molecule has 2 aromatic rings. The maximum absolute atomic E-state index is 11.0. The minimum absolute atomic E-state index is 0.0811. The largest absolute Gasteiger partial charge is 0.369 e. The van der Waals surface area contributed by atoms with Gasteiger partial charge < -0.3 is 10.6 Å². The summed E-state index contributed by atoms with van der Waals surface area (Å²) in [7, 11) is 0.